The first-order chi connectivity index (χ1) is 11.3. The van der Waals surface area contributed by atoms with Crippen LogP contribution in [-0.2, 0) is 10.0 Å². The predicted molar refractivity (Wildman–Crippen MR) is 94.1 cm³/mol. The zero-order chi connectivity index (χ0) is 17.7. The Labute approximate surface area is 149 Å². The van der Waals surface area contributed by atoms with Crippen LogP contribution < -0.4 is 15.0 Å². The van der Waals surface area contributed by atoms with Crippen LogP contribution in [0.5, 0.6) is 5.75 Å². The average Bonchev–Trinajstić information content (AvgIpc) is 2.53. The van der Waals surface area contributed by atoms with Gasteiger partial charge in [-0.3, -0.25) is 10.2 Å². The lowest BCUT2D eigenvalue weighted by Crippen LogP contribution is -2.41. The Morgan fingerprint density at radius 2 is 1.71 bits per heavy atom. The largest absolute Gasteiger partial charge is 0.491 e. The van der Waals surface area contributed by atoms with Crippen molar-refractivity contribution in [3.63, 3.8) is 0 Å². The first-order valence-electron chi connectivity index (χ1n) is 7.13. The Balaban J connectivity index is 2.04. The van der Waals surface area contributed by atoms with Crippen LogP contribution in [0.2, 0.25) is 0 Å². The molecule has 2 aromatic rings. The van der Waals surface area contributed by atoms with E-state index in [1.165, 1.54) is 6.07 Å². The fraction of sp³-hybridized carbons (Fsp3) is 0.188. The number of amides is 1. The lowest BCUT2D eigenvalue weighted by atomic mass is 10.2. The normalized spacial score (nSPS) is 11.3. The van der Waals surface area contributed by atoms with Crippen LogP contribution in [0.25, 0.3) is 0 Å². The Bertz CT molecular complexity index is 820. The van der Waals surface area contributed by atoms with Crippen molar-refractivity contribution in [2.24, 2.45) is 0 Å². The van der Waals surface area contributed by atoms with E-state index in [-0.39, 0.29) is 11.0 Å². The predicted octanol–water partition coefficient (Wildman–Crippen LogP) is 2.86. The van der Waals surface area contributed by atoms with Gasteiger partial charge in [-0.05, 0) is 66.2 Å². The van der Waals surface area contributed by atoms with Gasteiger partial charge in [0.25, 0.3) is 15.9 Å². The summed E-state index contributed by atoms with van der Waals surface area (Å²) >= 11 is 3.17. The molecule has 2 rings (SSSR count). The van der Waals surface area contributed by atoms with Crippen LogP contribution in [0.3, 0.4) is 0 Å². The van der Waals surface area contributed by atoms with E-state index in [0.717, 1.165) is 0 Å². The van der Waals surface area contributed by atoms with E-state index >= 15 is 0 Å². The molecule has 0 heterocycles. The van der Waals surface area contributed by atoms with Crippen molar-refractivity contribution in [1.29, 1.82) is 0 Å². The average molecular weight is 413 g/mol. The number of halogens is 1. The van der Waals surface area contributed by atoms with E-state index in [4.69, 9.17) is 4.74 Å². The van der Waals surface area contributed by atoms with E-state index in [9.17, 15) is 13.2 Å². The topological polar surface area (TPSA) is 84.5 Å². The lowest BCUT2D eigenvalue weighted by molar-refractivity contribution is 0.0945. The van der Waals surface area contributed by atoms with Gasteiger partial charge in [0.1, 0.15) is 5.75 Å². The van der Waals surface area contributed by atoms with Crippen LogP contribution in [-0.4, -0.2) is 20.4 Å². The summed E-state index contributed by atoms with van der Waals surface area (Å²) in [6.07, 6.45) is 0.0285. The first kappa shape index (κ1) is 18.4. The molecule has 0 aromatic heterocycles. The van der Waals surface area contributed by atoms with Gasteiger partial charge in [0, 0.05) is 10.0 Å². The van der Waals surface area contributed by atoms with Crippen molar-refractivity contribution >= 4 is 31.9 Å². The number of hydrogen-bond acceptors (Lipinski definition) is 4. The van der Waals surface area contributed by atoms with Crippen molar-refractivity contribution in [2.75, 3.05) is 0 Å². The van der Waals surface area contributed by atoms with Crippen molar-refractivity contribution in [2.45, 2.75) is 24.8 Å². The zero-order valence-corrected chi connectivity index (χ0v) is 15.5. The quantitative estimate of drug-likeness (QED) is 0.714. The third-order valence-corrected chi connectivity index (χ3v) is 5.17. The smallest absolute Gasteiger partial charge is 0.266 e. The van der Waals surface area contributed by atoms with Gasteiger partial charge in [-0.1, -0.05) is 12.1 Å². The van der Waals surface area contributed by atoms with Gasteiger partial charge in [0.05, 0.1) is 11.0 Å². The molecule has 0 bridgehead atoms. The SMILES string of the molecule is CC(C)Oc1ccc(C(=O)NNS(=O)(=O)c2ccccc2Br)cc1. The first-order valence-corrected chi connectivity index (χ1v) is 9.40. The molecule has 8 heteroatoms. The molecule has 0 unspecified atom stereocenters. The van der Waals surface area contributed by atoms with Crippen LogP contribution in [0.1, 0.15) is 24.2 Å². The van der Waals surface area contributed by atoms with Crippen LogP contribution >= 0.6 is 15.9 Å². The molecule has 0 fully saturated rings. The molecule has 6 nitrogen and oxygen atoms in total. The summed E-state index contributed by atoms with van der Waals surface area (Å²) in [6.45, 7) is 3.80. The summed E-state index contributed by atoms with van der Waals surface area (Å²) in [4.78, 5) is 14.2. The molecule has 0 spiro atoms. The molecule has 128 valence electrons. The van der Waals surface area contributed by atoms with E-state index in [1.807, 2.05) is 13.8 Å². The van der Waals surface area contributed by atoms with E-state index < -0.39 is 15.9 Å². The molecular formula is C16H17BrN2O4S. The van der Waals surface area contributed by atoms with Crippen LogP contribution in [0.15, 0.2) is 57.9 Å². The Hall–Kier alpha value is -1.90. The Kier molecular flexibility index (Phi) is 5.98. The molecule has 24 heavy (non-hydrogen) atoms. The summed E-state index contributed by atoms with van der Waals surface area (Å²) in [6, 6.07) is 12.7. The van der Waals surface area contributed by atoms with Crippen molar-refractivity contribution < 1.29 is 17.9 Å². The highest BCUT2D eigenvalue weighted by molar-refractivity contribution is 9.10. The van der Waals surface area contributed by atoms with E-state index in [0.29, 0.717) is 15.8 Å². The number of carbonyl (C=O) groups excluding carboxylic acids is 1. The number of rotatable bonds is 6. The molecule has 1 amide bonds. The number of carbonyl (C=O) groups is 1. The summed E-state index contributed by atoms with van der Waals surface area (Å²) in [5, 5.41) is 0. The standard InChI is InChI=1S/C16H17BrN2O4S/c1-11(2)23-13-9-7-12(8-10-13)16(20)18-19-24(21,22)15-6-4-3-5-14(15)17/h3-11,19H,1-2H3,(H,18,20). The van der Waals surface area contributed by atoms with Gasteiger partial charge in [-0.15, -0.1) is 4.83 Å². The maximum Gasteiger partial charge on any atom is 0.266 e. The maximum atomic E-state index is 12.2. The molecule has 0 saturated heterocycles. The molecule has 0 aliphatic rings. The number of benzene rings is 2. The highest BCUT2D eigenvalue weighted by Crippen LogP contribution is 2.20. The number of hydrazine groups is 1. The van der Waals surface area contributed by atoms with Crippen molar-refractivity contribution in [3.05, 3.63) is 58.6 Å². The summed E-state index contributed by atoms with van der Waals surface area (Å²) in [5.41, 5.74) is 2.49. The molecule has 0 atom stereocenters. The van der Waals surface area contributed by atoms with E-state index in [2.05, 4.69) is 26.2 Å². The molecule has 0 aliphatic carbocycles. The third kappa shape index (κ3) is 4.80. The minimum atomic E-state index is -3.87. The lowest BCUT2D eigenvalue weighted by Gasteiger charge is -2.11. The van der Waals surface area contributed by atoms with Crippen LogP contribution in [0, 0.1) is 0 Å². The van der Waals surface area contributed by atoms with Crippen molar-refractivity contribution in [1.82, 2.24) is 10.3 Å². The zero-order valence-electron chi connectivity index (χ0n) is 13.1. The fourth-order valence-corrected chi connectivity index (χ4v) is 3.70. The minimum absolute atomic E-state index is 0.0285. The molecule has 2 N–H and O–H groups in total. The Morgan fingerprint density at radius 3 is 2.29 bits per heavy atom. The second-order valence-electron chi connectivity index (χ2n) is 5.18. The molecule has 0 aliphatic heterocycles. The molecule has 0 saturated carbocycles. The highest BCUT2D eigenvalue weighted by atomic mass is 79.9. The van der Waals surface area contributed by atoms with E-state index in [1.54, 1.807) is 42.5 Å². The summed E-state index contributed by atoms with van der Waals surface area (Å²) < 4.78 is 30.3. The number of ether oxygens (including phenoxy) is 1. The Morgan fingerprint density at radius 1 is 1.08 bits per heavy atom. The monoisotopic (exact) mass is 412 g/mol. The highest BCUT2D eigenvalue weighted by Gasteiger charge is 2.18. The second kappa shape index (κ2) is 7.78. The number of nitrogens with one attached hydrogen (secondary N) is 2. The summed E-state index contributed by atoms with van der Waals surface area (Å²) in [5.74, 6) is 0.0667. The third-order valence-electron chi connectivity index (χ3n) is 2.91. The van der Waals surface area contributed by atoms with Gasteiger partial charge in [0.15, 0.2) is 0 Å². The van der Waals surface area contributed by atoms with Gasteiger partial charge in [-0.2, -0.15) is 0 Å². The van der Waals surface area contributed by atoms with Crippen molar-refractivity contribution in [3.8, 4) is 5.75 Å². The minimum Gasteiger partial charge on any atom is -0.491 e. The second-order valence-corrected chi connectivity index (χ2v) is 7.69. The fourth-order valence-electron chi connectivity index (χ4n) is 1.86. The number of sulfonamides is 1. The maximum absolute atomic E-state index is 12.2. The van der Waals surface area contributed by atoms with Gasteiger partial charge >= 0.3 is 0 Å². The number of hydrogen-bond donors (Lipinski definition) is 2. The summed E-state index contributed by atoms with van der Waals surface area (Å²) in [7, 11) is -3.87. The molecular weight excluding hydrogens is 396 g/mol. The molecule has 2 aromatic carbocycles. The van der Waals surface area contributed by atoms with Gasteiger partial charge < -0.3 is 4.74 Å². The van der Waals surface area contributed by atoms with Crippen LogP contribution in [0.4, 0.5) is 0 Å². The molecule has 0 radical (unpaired) electrons. The van der Waals surface area contributed by atoms with Gasteiger partial charge in [-0.25, -0.2) is 8.42 Å². The van der Waals surface area contributed by atoms with Gasteiger partial charge in [0.2, 0.25) is 0 Å².